The van der Waals surface area contributed by atoms with Gasteiger partial charge in [0.25, 0.3) is 5.91 Å². The van der Waals surface area contributed by atoms with E-state index >= 15 is 0 Å². The lowest BCUT2D eigenvalue weighted by molar-refractivity contribution is 0.0771. The SMILES string of the molecule is O=C(c1cc(COc2c(Cl)cccc2Cl)on1)N1C[C@H]2CNC[C@H]2C1. The van der Waals surface area contributed by atoms with Crippen molar-refractivity contribution in [2.45, 2.75) is 6.61 Å². The van der Waals surface area contributed by atoms with Gasteiger partial charge in [-0.15, -0.1) is 0 Å². The Balaban J connectivity index is 1.39. The van der Waals surface area contributed by atoms with Gasteiger partial charge in [0.2, 0.25) is 0 Å². The lowest BCUT2D eigenvalue weighted by Gasteiger charge is -2.15. The first kappa shape index (κ1) is 16.7. The highest BCUT2D eigenvalue weighted by molar-refractivity contribution is 6.37. The second kappa shape index (κ2) is 6.86. The average molecular weight is 382 g/mol. The summed E-state index contributed by atoms with van der Waals surface area (Å²) >= 11 is 12.1. The number of ether oxygens (including phenoxy) is 1. The minimum absolute atomic E-state index is 0.0961. The average Bonchev–Trinajstić information content (AvgIpc) is 3.29. The fraction of sp³-hybridized carbons (Fsp3) is 0.412. The summed E-state index contributed by atoms with van der Waals surface area (Å²) in [5.74, 6) is 1.82. The molecule has 1 aromatic carbocycles. The van der Waals surface area contributed by atoms with E-state index in [9.17, 15) is 4.79 Å². The molecule has 4 rings (SSSR count). The van der Waals surface area contributed by atoms with Crippen molar-refractivity contribution < 1.29 is 14.1 Å². The predicted molar refractivity (Wildman–Crippen MR) is 93.1 cm³/mol. The Morgan fingerprint density at radius 1 is 1.28 bits per heavy atom. The monoisotopic (exact) mass is 381 g/mol. The first-order chi connectivity index (χ1) is 12.1. The number of nitrogens with zero attached hydrogens (tertiary/aromatic N) is 2. The van der Waals surface area contributed by atoms with E-state index < -0.39 is 0 Å². The number of para-hydroxylation sites is 1. The molecule has 0 aliphatic carbocycles. The van der Waals surface area contributed by atoms with Gasteiger partial charge >= 0.3 is 0 Å². The molecule has 0 unspecified atom stereocenters. The summed E-state index contributed by atoms with van der Waals surface area (Å²) in [7, 11) is 0. The van der Waals surface area contributed by atoms with E-state index in [0.29, 0.717) is 39.1 Å². The van der Waals surface area contributed by atoms with Crippen molar-refractivity contribution >= 4 is 29.1 Å². The first-order valence-corrected chi connectivity index (χ1v) is 8.90. The van der Waals surface area contributed by atoms with Crippen LogP contribution in [0.1, 0.15) is 16.2 Å². The van der Waals surface area contributed by atoms with Crippen LogP contribution in [-0.2, 0) is 6.61 Å². The van der Waals surface area contributed by atoms with E-state index in [2.05, 4.69) is 10.5 Å². The zero-order valence-corrected chi connectivity index (χ0v) is 14.9. The van der Waals surface area contributed by atoms with Crippen LogP contribution in [0.3, 0.4) is 0 Å². The van der Waals surface area contributed by atoms with E-state index in [1.165, 1.54) is 0 Å². The summed E-state index contributed by atoms with van der Waals surface area (Å²) in [4.78, 5) is 14.4. The summed E-state index contributed by atoms with van der Waals surface area (Å²) in [5, 5.41) is 8.08. The van der Waals surface area contributed by atoms with Crippen molar-refractivity contribution in [3.05, 3.63) is 45.8 Å². The van der Waals surface area contributed by atoms with Crippen molar-refractivity contribution in [3.8, 4) is 5.75 Å². The van der Waals surface area contributed by atoms with Crippen LogP contribution in [0, 0.1) is 11.8 Å². The Kier molecular flexibility index (Phi) is 4.58. The van der Waals surface area contributed by atoms with Crippen molar-refractivity contribution in [2.24, 2.45) is 11.8 Å². The standard InChI is InChI=1S/C17H17Cl2N3O3/c18-13-2-1-3-14(19)16(13)24-9-12-4-15(21-25-12)17(23)22-7-10-5-20-6-11(10)8-22/h1-4,10-11,20H,5-9H2/t10-,11+. The number of amides is 1. The van der Waals surface area contributed by atoms with Crippen molar-refractivity contribution in [3.63, 3.8) is 0 Å². The number of benzene rings is 1. The summed E-state index contributed by atoms with van der Waals surface area (Å²) in [6.07, 6.45) is 0. The second-order valence-corrected chi connectivity index (χ2v) is 7.22. The van der Waals surface area contributed by atoms with Gasteiger partial charge in [0.1, 0.15) is 6.61 Å². The highest BCUT2D eigenvalue weighted by Crippen LogP contribution is 2.33. The van der Waals surface area contributed by atoms with Crippen LogP contribution in [-0.4, -0.2) is 42.1 Å². The third kappa shape index (κ3) is 3.34. The van der Waals surface area contributed by atoms with Gasteiger partial charge in [-0.1, -0.05) is 34.4 Å². The molecule has 3 heterocycles. The third-order valence-electron chi connectivity index (χ3n) is 4.73. The number of fused-ring (bicyclic) bond motifs is 1. The second-order valence-electron chi connectivity index (χ2n) is 6.41. The Morgan fingerprint density at radius 2 is 1.96 bits per heavy atom. The van der Waals surface area contributed by atoms with E-state index in [1.807, 2.05) is 4.90 Å². The summed E-state index contributed by atoms with van der Waals surface area (Å²) in [6.45, 7) is 3.59. The van der Waals surface area contributed by atoms with Gasteiger partial charge in [0, 0.05) is 32.2 Å². The van der Waals surface area contributed by atoms with Gasteiger partial charge in [-0.05, 0) is 24.0 Å². The largest absolute Gasteiger partial charge is 0.482 e. The number of hydrogen-bond acceptors (Lipinski definition) is 5. The van der Waals surface area contributed by atoms with E-state index in [-0.39, 0.29) is 12.5 Å². The number of rotatable bonds is 4. The molecule has 25 heavy (non-hydrogen) atoms. The van der Waals surface area contributed by atoms with Crippen molar-refractivity contribution in [1.29, 1.82) is 0 Å². The predicted octanol–water partition coefficient (Wildman–Crippen LogP) is 2.85. The number of carbonyl (C=O) groups excluding carboxylic acids is 1. The molecule has 2 atom stereocenters. The molecular weight excluding hydrogens is 365 g/mol. The topological polar surface area (TPSA) is 67.6 Å². The zero-order chi connectivity index (χ0) is 17.4. The number of aromatic nitrogens is 1. The molecule has 1 aromatic heterocycles. The fourth-order valence-electron chi connectivity index (χ4n) is 3.43. The van der Waals surface area contributed by atoms with Crippen LogP contribution in [0.2, 0.25) is 10.0 Å². The molecule has 0 radical (unpaired) electrons. The lowest BCUT2D eigenvalue weighted by atomic mass is 10.0. The molecular formula is C17H17Cl2N3O3. The van der Waals surface area contributed by atoms with Crippen LogP contribution in [0.5, 0.6) is 5.75 Å². The Labute approximate surface area is 155 Å². The quantitative estimate of drug-likeness (QED) is 0.881. The molecule has 0 saturated carbocycles. The molecule has 0 spiro atoms. The molecule has 2 aromatic rings. The van der Waals surface area contributed by atoms with E-state index in [4.69, 9.17) is 32.5 Å². The van der Waals surface area contributed by atoms with Gasteiger partial charge in [-0.3, -0.25) is 4.79 Å². The number of likely N-dealkylation sites (tertiary alicyclic amines) is 1. The fourth-order valence-corrected chi connectivity index (χ4v) is 3.94. The highest BCUT2D eigenvalue weighted by Gasteiger charge is 2.38. The highest BCUT2D eigenvalue weighted by atomic mass is 35.5. The number of hydrogen-bond donors (Lipinski definition) is 1. The maximum Gasteiger partial charge on any atom is 0.276 e. The maximum atomic E-state index is 12.6. The summed E-state index contributed by atoms with van der Waals surface area (Å²) in [5.41, 5.74) is 0.303. The molecule has 8 heteroatoms. The molecule has 2 aliphatic rings. The van der Waals surface area contributed by atoms with Gasteiger partial charge < -0.3 is 19.5 Å². The van der Waals surface area contributed by atoms with Crippen LogP contribution < -0.4 is 10.1 Å². The molecule has 2 saturated heterocycles. The number of carbonyl (C=O) groups is 1. The molecule has 2 fully saturated rings. The Hall–Kier alpha value is -1.76. The van der Waals surface area contributed by atoms with Gasteiger partial charge in [-0.2, -0.15) is 0 Å². The smallest absolute Gasteiger partial charge is 0.276 e. The molecule has 1 amide bonds. The summed E-state index contributed by atoms with van der Waals surface area (Å²) < 4.78 is 10.8. The lowest BCUT2D eigenvalue weighted by Crippen LogP contribution is -2.32. The van der Waals surface area contributed by atoms with Crippen LogP contribution in [0.4, 0.5) is 0 Å². The maximum absolute atomic E-state index is 12.6. The van der Waals surface area contributed by atoms with Crippen molar-refractivity contribution in [2.75, 3.05) is 26.2 Å². The molecule has 6 nitrogen and oxygen atoms in total. The molecule has 132 valence electrons. The number of halogens is 2. The number of nitrogens with one attached hydrogen (secondary N) is 1. The van der Waals surface area contributed by atoms with Gasteiger partial charge in [0.05, 0.1) is 10.0 Å². The molecule has 2 aliphatic heterocycles. The normalized spacial score (nSPS) is 22.2. The zero-order valence-electron chi connectivity index (χ0n) is 13.4. The van der Waals surface area contributed by atoms with Gasteiger partial charge in [-0.25, -0.2) is 0 Å². The summed E-state index contributed by atoms with van der Waals surface area (Å²) in [6, 6.07) is 6.73. The molecule has 1 N–H and O–H groups in total. The Morgan fingerprint density at radius 3 is 2.64 bits per heavy atom. The minimum atomic E-state index is -0.0971. The first-order valence-electron chi connectivity index (χ1n) is 8.14. The minimum Gasteiger partial charge on any atom is -0.482 e. The van der Waals surface area contributed by atoms with Crippen LogP contribution >= 0.6 is 23.2 Å². The Bertz CT molecular complexity index is 763. The van der Waals surface area contributed by atoms with E-state index in [0.717, 1.165) is 26.2 Å². The van der Waals surface area contributed by atoms with Gasteiger partial charge in [0.15, 0.2) is 17.2 Å². The van der Waals surface area contributed by atoms with Crippen molar-refractivity contribution in [1.82, 2.24) is 15.4 Å². The van der Waals surface area contributed by atoms with Crippen LogP contribution in [0.15, 0.2) is 28.8 Å². The van der Waals surface area contributed by atoms with E-state index in [1.54, 1.807) is 24.3 Å². The third-order valence-corrected chi connectivity index (χ3v) is 5.33. The van der Waals surface area contributed by atoms with Crippen LogP contribution in [0.25, 0.3) is 0 Å². The molecule has 0 bridgehead atoms.